The molecule has 0 atom stereocenters. The molecule has 1 heterocycles. The summed E-state index contributed by atoms with van der Waals surface area (Å²) in [6.45, 7) is 2.09. The zero-order valence-corrected chi connectivity index (χ0v) is 20.1. The third-order valence-corrected chi connectivity index (χ3v) is 7.29. The van der Waals surface area contributed by atoms with Crippen LogP contribution in [0.5, 0.6) is 11.8 Å². The number of sulfone groups is 1. The first-order chi connectivity index (χ1) is 14.9. The minimum absolute atomic E-state index is 0.262. The van der Waals surface area contributed by atoms with E-state index in [2.05, 4.69) is 19.1 Å². The molecule has 7 heteroatoms. The van der Waals surface area contributed by atoms with Crippen LogP contribution in [0.1, 0.15) is 96.8 Å². The molecule has 0 aliphatic heterocycles. The average Bonchev–Trinajstić information content (AvgIpc) is 3.02. The van der Waals surface area contributed by atoms with Gasteiger partial charge in [0.15, 0.2) is 15.7 Å². The SMILES string of the molecule is CCCCCCCCC=CCCCCCCCCn1c(O)cc(S(=O)(=O)CCO)c1O. The van der Waals surface area contributed by atoms with Gasteiger partial charge in [-0.25, -0.2) is 8.42 Å². The van der Waals surface area contributed by atoms with E-state index in [4.69, 9.17) is 5.11 Å². The van der Waals surface area contributed by atoms with Gasteiger partial charge in [-0.1, -0.05) is 76.9 Å². The van der Waals surface area contributed by atoms with E-state index in [1.54, 1.807) is 0 Å². The molecule has 0 saturated carbocycles. The van der Waals surface area contributed by atoms with E-state index in [1.165, 1.54) is 62.4 Å². The Labute approximate surface area is 188 Å². The molecule has 0 radical (unpaired) electrons. The molecule has 3 N–H and O–H groups in total. The summed E-state index contributed by atoms with van der Waals surface area (Å²) in [4.78, 5) is -0.316. The number of unbranched alkanes of at least 4 members (excludes halogenated alkanes) is 12. The topological polar surface area (TPSA) is 99.8 Å². The number of aliphatic hydroxyl groups is 1. The number of aliphatic hydroxyl groups excluding tert-OH is 1. The summed E-state index contributed by atoms with van der Waals surface area (Å²) in [5, 5.41) is 28.9. The molecule has 0 aliphatic carbocycles. The van der Waals surface area contributed by atoms with Gasteiger partial charge in [-0.2, -0.15) is 0 Å². The lowest BCUT2D eigenvalue weighted by Crippen LogP contribution is -2.09. The van der Waals surface area contributed by atoms with Crippen LogP contribution in [0.25, 0.3) is 0 Å². The van der Waals surface area contributed by atoms with E-state index in [0.29, 0.717) is 6.54 Å². The molecule has 0 saturated heterocycles. The van der Waals surface area contributed by atoms with Crippen molar-refractivity contribution < 1.29 is 23.7 Å². The molecule has 6 nitrogen and oxygen atoms in total. The lowest BCUT2D eigenvalue weighted by atomic mass is 10.1. The van der Waals surface area contributed by atoms with E-state index < -0.39 is 28.1 Å². The Morgan fingerprint density at radius 2 is 1.35 bits per heavy atom. The molecule has 0 aliphatic rings. The van der Waals surface area contributed by atoms with Gasteiger partial charge in [0.25, 0.3) is 0 Å². The second-order valence-corrected chi connectivity index (χ2v) is 10.4. The summed E-state index contributed by atoms with van der Waals surface area (Å²) in [6.07, 6.45) is 21.4. The van der Waals surface area contributed by atoms with Crippen molar-refractivity contribution in [1.29, 1.82) is 0 Å². The third kappa shape index (κ3) is 11.1. The van der Waals surface area contributed by atoms with Gasteiger partial charge in [0.1, 0.15) is 4.90 Å². The maximum absolute atomic E-state index is 12.0. The normalized spacial score (nSPS) is 12.2. The van der Waals surface area contributed by atoms with Gasteiger partial charge in [0, 0.05) is 12.6 Å². The number of hydrogen-bond donors (Lipinski definition) is 3. The Hall–Kier alpha value is -1.47. The number of hydrogen-bond acceptors (Lipinski definition) is 5. The number of aromatic nitrogens is 1. The standard InChI is InChI=1S/C24H43NO5S/c1-2-3-4-5-6-7-8-9-10-11-12-13-14-15-16-17-18-25-23(27)21-22(24(25)28)31(29,30)20-19-26/h9-10,21,26-28H,2-8,11-20H2,1H3. The maximum Gasteiger partial charge on any atom is 0.213 e. The summed E-state index contributed by atoms with van der Waals surface area (Å²) in [5.74, 6) is -1.18. The monoisotopic (exact) mass is 457 g/mol. The Morgan fingerprint density at radius 1 is 0.839 bits per heavy atom. The Kier molecular flexibility index (Phi) is 14.4. The number of nitrogens with zero attached hydrogens (tertiary/aromatic N) is 1. The quantitative estimate of drug-likeness (QED) is 0.183. The zero-order chi connectivity index (χ0) is 23.0. The van der Waals surface area contributed by atoms with Crippen LogP contribution in [0.2, 0.25) is 0 Å². The number of allylic oxidation sites excluding steroid dienone is 2. The van der Waals surface area contributed by atoms with Crippen LogP contribution < -0.4 is 0 Å². The van der Waals surface area contributed by atoms with Crippen LogP contribution in [0.4, 0.5) is 0 Å². The predicted octanol–water partition coefficient (Wildman–Crippen LogP) is 5.70. The van der Waals surface area contributed by atoms with Crippen LogP contribution in [-0.2, 0) is 16.4 Å². The lowest BCUT2D eigenvalue weighted by molar-refractivity contribution is 0.319. The summed E-state index contributed by atoms with van der Waals surface area (Å²) in [7, 11) is -3.79. The van der Waals surface area contributed by atoms with Crippen LogP contribution >= 0.6 is 0 Å². The average molecular weight is 458 g/mol. The van der Waals surface area contributed by atoms with Crippen molar-refractivity contribution in [1.82, 2.24) is 4.57 Å². The summed E-state index contributed by atoms with van der Waals surface area (Å²) >= 11 is 0. The van der Waals surface area contributed by atoms with Gasteiger partial charge in [-0.3, -0.25) is 4.57 Å². The van der Waals surface area contributed by atoms with Crippen LogP contribution in [0.15, 0.2) is 23.1 Å². The van der Waals surface area contributed by atoms with E-state index in [-0.39, 0.29) is 10.8 Å². The summed E-state index contributed by atoms with van der Waals surface area (Å²) in [5.41, 5.74) is 0. The first kappa shape index (κ1) is 27.6. The highest BCUT2D eigenvalue weighted by Crippen LogP contribution is 2.32. The van der Waals surface area contributed by atoms with Crippen molar-refractivity contribution in [3.8, 4) is 11.8 Å². The molecule has 0 amide bonds. The largest absolute Gasteiger partial charge is 0.494 e. The fourth-order valence-corrected chi connectivity index (χ4v) is 4.83. The Morgan fingerprint density at radius 3 is 1.90 bits per heavy atom. The van der Waals surface area contributed by atoms with E-state index in [9.17, 15) is 18.6 Å². The molecule has 0 spiro atoms. The molecule has 1 aromatic heterocycles. The molecule has 0 aromatic carbocycles. The molecule has 1 rings (SSSR count). The second-order valence-electron chi connectivity index (χ2n) is 8.32. The highest BCUT2D eigenvalue weighted by atomic mass is 32.2. The Balaban J connectivity index is 2.10. The lowest BCUT2D eigenvalue weighted by Gasteiger charge is -2.07. The summed E-state index contributed by atoms with van der Waals surface area (Å²) < 4.78 is 25.2. The van der Waals surface area contributed by atoms with Crippen molar-refractivity contribution >= 4 is 9.84 Å². The van der Waals surface area contributed by atoms with Crippen molar-refractivity contribution in [3.63, 3.8) is 0 Å². The molecule has 0 unspecified atom stereocenters. The summed E-state index contributed by atoms with van der Waals surface area (Å²) in [6, 6.07) is 1.06. The maximum atomic E-state index is 12.0. The highest BCUT2D eigenvalue weighted by Gasteiger charge is 2.24. The van der Waals surface area contributed by atoms with Crippen LogP contribution in [0, 0.1) is 0 Å². The predicted molar refractivity (Wildman–Crippen MR) is 126 cm³/mol. The molecule has 31 heavy (non-hydrogen) atoms. The smallest absolute Gasteiger partial charge is 0.213 e. The minimum atomic E-state index is -3.79. The van der Waals surface area contributed by atoms with Crippen molar-refractivity contribution in [2.75, 3.05) is 12.4 Å². The van der Waals surface area contributed by atoms with Gasteiger partial charge in [-0.15, -0.1) is 0 Å². The Bertz CT molecular complexity index is 725. The van der Waals surface area contributed by atoms with E-state index in [0.717, 1.165) is 38.2 Å². The minimum Gasteiger partial charge on any atom is -0.494 e. The van der Waals surface area contributed by atoms with Crippen LogP contribution in [0.3, 0.4) is 0 Å². The fourth-order valence-electron chi connectivity index (χ4n) is 3.70. The first-order valence-corrected chi connectivity index (χ1v) is 13.7. The van der Waals surface area contributed by atoms with E-state index >= 15 is 0 Å². The van der Waals surface area contributed by atoms with Gasteiger partial charge < -0.3 is 15.3 Å². The van der Waals surface area contributed by atoms with Crippen molar-refractivity contribution in [2.45, 2.75) is 108 Å². The van der Waals surface area contributed by atoms with Crippen LogP contribution in [-0.4, -0.2) is 40.7 Å². The van der Waals surface area contributed by atoms with Gasteiger partial charge in [-0.05, 0) is 32.1 Å². The molecule has 180 valence electrons. The molecule has 1 aromatic rings. The molecule has 0 fully saturated rings. The number of rotatable bonds is 19. The molecule has 0 bridgehead atoms. The third-order valence-electron chi connectivity index (χ3n) is 5.60. The second kappa shape index (κ2) is 16.2. The van der Waals surface area contributed by atoms with Gasteiger partial charge in [0.2, 0.25) is 5.88 Å². The van der Waals surface area contributed by atoms with Gasteiger partial charge in [0.05, 0.1) is 12.4 Å². The zero-order valence-electron chi connectivity index (χ0n) is 19.3. The fraction of sp³-hybridized carbons (Fsp3) is 0.750. The highest BCUT2D eigenvalue weighted by molar-refractivity contribution is 7.91. The molecular formula is C24H43NO5S. The van der Waals surface area contributed by atoms with E-state index in [1.807, 2.05) is 0 Å². The van der Waals surface area contributed by atoms with Crippen molar-refractivity contribution in [3.05, 3.63) is 18.2 Å². The molecular weight excluding hydrogens is 414 g/mol. The van der Waals surface area contributed by atoms with Gasteiger partial charge >= 0.3 is 0 Å². The number of aromatic hydroxyl groups is 2. The first-order valence-electron chi connectivity index (χ1n) is 12.0. The van der Waals surface area contributed by atoms with Crippen molar-refractivity contribution in [2.24, 2.45) is 0 Å².